The summed E-state index contributed by atoms with van der Waals surface area (Å²) in [6, 6.07) is 0.839. The van der Waals surface area contributed by atoms with Crippen LogP contribution in [0.3, 0.4) is 0 Å². The van der Waals surface area contributed by atoms with E-state index in [2.05, 4.69) is 31.9 Å². The van der Waals surface area contributed by atoms with E-state index in [4.69, 9.17) is 50.4 Å². The second kappa shape index (κ2) is 43.7. The Hall–Kier alpha value is -5.37. The van der Waals surface area contributed by atoms with Crippen molar-refractivity contribution in [2.75, 3.05) is 66.3 Å². The molecule has 532 valence electrons. The van der Waals surface area contributed by atoms with Gasteiger partial charge in [-0.25, -0.2) is 0 Å². The molecular weight excluding hydrogens is 1230 g/mol. The van der Waals surface area contributed by atoms with Gasteiger partial charge >= 0.3 is 5.97 Å². The van der Waals surface area contributed by atoms with Crippen LogP contribution in [0.1, 0.15) is 128 Å². The van der Waals surface area contributed by atoms with Gasteiger partial charge in [-0.1, -0.05) is 57.6 Å². The summed E-state index contributed by atoms with van der Waals surface area (Å²) in [6.45, 7) is 1.50. The third-order valence-corrected chi connectivity index (χ3v) is 16.4. The number of phenolic OH excluding ortho intramolecular Hbond substituents is 1. The monoisotopic (exact) mass is 1330 g/mol. The Bertz CT molecular complexity index is 2370. The number of benzene rings is 1. The summed E-state index contributed by atoms with van der Waals surface area (Å²) < 4.78 is 39.0. The standard InChI is InChI=1S/C61H105N9O23/c1-35(31-36-15-17-37(73)18-16-36)56(84)70-39(58(86)68-27-11-5-8-14-29-88-60-48(63)54(82)51(79)41(33-72)92-60)20-22-45(76)69-38(57(85)67-26-10-4-7-13-28-87-59-47(62)53(81)50(78)40(32-71)91-59)19-21-44(75)66-25-9-3-6-12-30-89-61-49(64)55(83)52(80)42(93-61)34-90-46(77)24-23-43(74)65-2/h15-18,35,38-42,47-55,59-61,71-73,78-83H,3-14,19-34,62-64H2,1-2H3,(H,65,74)(H,66,75)(H,67,85)(H,68,86)(H,69,76)(H,70,84). The molecule has 0 radical (unpaired) electrons. The molecule has 3 saturated heterocycles. The third-order valence-electron chi connectivity index (χ3n) is 16.4. The van der Waals surface area contributed by atoms with Gasteiger partial charge in [0, 0.05) is 71.7 Å². The average Bonchev–Trinajstić information content (AvgIpc) is 1.00. The second-order valence-corrected chi connectivity index (χ2v) is 23.8. The number of carbonyl (C=O) groups excluding carboxylic acids is 7. The van der Waals surface area contributed by atoms with E-state index in [1.165, 1.54) is 19.2 Å². The lowest BCUT2D eigenvalue weighted by Gasteiger charge is -2.40. The zero-order valence-corrected chi connectivity index (χ0v) is 53.5. The molecule has 93 heavy (non-hydrogen) atoms. The molecule has 21 N–H and O–H groups in total. The Balaban J connectivity index is 1.28. The quantitative estimate of drug-likeness (QED) is 0.0216. The number of aromatic hydroxyl groups is 1. The highest BCUT2D eigenvalue weighted by atomic mass is 16.7. The van der Waals surface area contributed by atoms with Gasteiger partial charge in [0.25, 0.3) is 0 Å². The first kappa shape index (κ1) is 80.1. The van der Waals surface area contributed by atoms with Gasteiger partial charge < -0.3 is 128 Å². The van der Waals surface area contributed by atoms with E-state index in [-0.39, 0.29) is 95.4 Å². The van der Waals surface area contributed by atoms with E-state index >= 15 is 0 Å². The molecule has 18 unspecified atom stereocenters. The van der Waals surface area contributed by atoms with Crippen LogP contribution in [0.2, 0.25) is 0 Å². The van der Waals surface area contributed by atoms with E-state index in [1.54, 1.807) is 19.1 Å². The summed E-state index contributed by atoms with van der Waals surface area (Å²) in [7, 11) is 1.43. The summed E-state index contributed by atoms with van der Waals surface area (Å²) in [6.07, 6.45) is -8.22. The lowest BCUT2D eigenvalue weighted by Crippen LogP contribution is -2.62. The zero-order chi connectivity index (χ0) is 68.4. The van der Waals surface area contributed by atoms with Crippen molar-refractivity contribution in [3.05, 3.63) is 29.8 Å². The Morgan fingerprint density at radius 3 is 1.35 bits per heavy atom. The molecule has 0 saturated carbocycles. The molecule has 0 aromatic heterocycles. The van der Waals surface area contributed by atoms with Crippen molar-refractivity contribution < 1.29 is 113 Å². The van der Waals surface area contributed by atoms with Gasteiger partial charge in [-0.2, -0.15) is 0 Å². The van der Waals surface area contributed by atoms with E-state index in [9.17, 15) is 79.5 Å². The van der Waals surface area contributed by atoms with E-state index in [1.807, 2.05) is 0 Å². The largest absolute Gasteiger partial charge is 0.508 e. The molecule has 0 spiro atoms. The molecule has 32 nitrogen and oxygen atoms in total. The Morgan fingerprint density at radius 2 is 0.903 bits per heavy atom. The van der Waals surface area contributed by atoms with Crippen molar-refractivity contribution in [3.63, 3.8) is 0 Å². The molecule has 32 heteroatoms. The Kier molecular flexibility index (Phi) is 37.6. The second-order valence-electron chi connectivity index (χ2n) is 23.8. The van der Waals surface area contributed by atoms with Gasteiger partial charge in [-0.3, -0.25) is 33.6 Å². The topological polar surface area (TPSA) is 516 Å². The molecule has 3 fully saturated rings. The number of amides is 6. The van der Waals surface area contributed by atoms with Crippen molar-refractivity contribution in [3.8, 4) is 5.75 Å². The normalized spacial score (nSPS) is 27.2. The molecule has 4 rings (SSSR count). The predicted molar refractivity (Wildman–Crippen MR) is 330 cm³/mol. The van der Waals surface area contributed by atoms with Gasteiger partial charge in [0.15, 0.2) is 18.9 Å². The lowest BCUT2D eigenvalue weighted by molar-refractivity contribution is -0.267. The first-order valence-electron chi connectivity index (χ1n) is 32.4. The molecule has 0 bridgehead atoms. The SMILES string of the molecule is CNC(=O)CCC(=O)OCC1OC(OCCCCCCNC(=O)CCC(NC(=O)CCC(NC(=O)C(C)Cc2ccc(O)cc2)C(=O)NCCCCCCOC2OC(CO)C(O)C(O)C2N)C(=O)NCCCCCCOC2OC(CO)C(O)C(O)C2N)C(N)C(O)C1O. The lowest BCUT2D eigenvalue weighted by atomic mass is 9.98. The van der Waals surface area contributed by atoms with Crippen molar-refractivity contribution >= 4 is 41.4 Å². The summed E-state index contributed by atoms with van der Waals surface area (Å²) in [4.78, 5) is 91.7. The number of aliphatic hydroxyl groups excluding tert-OH is 8. The molecule has 18 atom stereocenters. The van der Waals surface area contributed by atoms with E-state index in [0.29, 0.717) is 83.6 Å². The van der Waals surface area contributed by atoms with Crippen molar-refractivity contribution in [2.24, 2.45) is 23.1 Å². The van der Waals surface area contributed by atoms with Gasteiger partial charge in [0.1, 0.15) is 79.4 Å². The molecule has 0 aliphatic carbocycles. The number of ether oxygens (including phenoxy) is 7. The molecule has 3 aliphatic heterocycles. The summed E-state index contributed by atoms with van der Waals surface area (Å²) in [5.41, 5.74) is 18.7. The number of carbonyl (C=O) groups is 7. The van der Waals surface area contributed by atoms with Crippen molar-refractivity contribution in [2.45, 2.75) is 233 Å². The maximum atomic E-state index is 13.8. The van der Waals surface area contributed by atoms with Crippen LogP contribution in [-0.4, -0.2) is 258 Å². The number of phenols is 1. The fourth-order valence-corrected chi connectivity index (χ4v) is 10.4. The smallest absolute Gasteiger partial charge is 0.306 e. The summed E-state index contributed by atoms with van der Waals surface area (Å²) >= 11 is 0. The minimum Gasteiger partial charge on any atom is -0.508 e. The maximum Gasteiger partial charge on any atom is 0.306 e. The van der Waals surface area contributed by atoms with Crippen LogP contribution in [0.4, 0.5) is 0 Å². The molecule has 1 aromatic carbocycles. The minimum absolute atomic E-state index is 0.0560. The Morgan fingerprint density at radius 1 is 0.495 bits per heavy atom. The number of nitrogens with one attached hydrogen (secondary N) is 6. The van der Waals surface area contributed by atoms with Gasteiger partial charge in [0.05, 0.1) is 37.8 Å². The first-order valence-corrected chi connectivity index (χ1v) is 32.4. The number of unbranched alkanes of at least 4 members (excludes halogenated alkanes) is 9. The third kappa shape index (κ3) is 28.5. The summed E-state index contributed by atoms with van der Waals surface area (Å²) in [5.74, 6) is -4.19. The maximum absolute atomic E-state index is 13.8. The molecule has 3 heterocycles. The van der Waals surface area contributed by atoms with Crippen LogP contribution in [0, 0.1) is 5.92 Å². The number of rotatable bonds is 44. The fourth-order valence-electron chi connectivity index (χ4n) is 10.4. The average molecular weight is 1330 g/mol. The number of hydrogen-bond donors (Lipinski definition) is 18. The Labute approximate surface area is 542 Å². The molecule has 3 aliphatic rings. The van der Waals surface area contributed by atoms with Gasteiger partial charge in [-0.05, 0) is 75.5 Å². The van der Waals surface area contributed by atoms with Crippen LogP contribution >= 0.6 is 0 Å². The van der Waals surface area contributed by atoms with Crippen LogP contribution in [0.15, 0.2) is 24.3 Å². The number of aliphatic hydroxyl groups is 8. The van der Waals surface area contributed by atoms with Gasteiger partial charge in [0.2, 0.25) is 35.4 Å². The zero-order valence-electron chi connectivity index (χ0n) is 53.5. The molecule has 1 aromatic rings. The molecular formula is C61H105N9O23. The fraction of sp³-hybridized carbons (Fsp3) is 0.787. The number of esters is 1. The van der Waals surface area contributed by atoms with Gasteiger partial charge in [-0.15, -0.1) is 0 Å². The highest BCUT2D eigenvalue weighted by molar-refractivity contribution is 5.90. The first-order chi connectivity index (χ1) is 44.5. The molecule has 6 amide bonds. The van der Waals surface area contributed by atoms with E-state index < -0.39 is 159 Å². The highest BCUT2D eigenvalue weighted by Crippen LogP contribution is 2.25. The van der Waals surface area contributed by atoms with Crippen molar-refractivity contribution in [1.82, 2.24) is 31.9 Å². The number of hydrogen-bond acceptors (Lipinski definition) is 26. The van der Waals surface area contributed by atoms with Crippen molar-refractivity contribution in [1.29, 1.82) is 0 Å². The summed E-state index contributed by atoms with van der Waals surface area (Å²) in [5, 5.41) is 107. The number of nitrogens with two attached hydrogens (primary N) is 3. The van der Waals surface area contributed by atoms with Crippen LogP contribution < -0.4 is 49.1 Å². The van der Waals surface area contributed by atoms with Crippen LogP contribution in [-0.2, 0) is 73.1 Å². The van der Waals surface area contributed by atoms with Crippen LogP contribution in [0.5, 0.6) is 5.75 Å². The highest BCUT2D eigenvalue weighted by Gasteiger charge is 2.46. The van der Waals surface area contributed by atoms with E-state index in [0.717, 1.165) is 5.56 Å². The minimum atomic E-state index is -1.46. The van der Waals surface area contributed by atoms with Crippen LogP contribution in [0.25, 0.3) is 0 Å². The predicted octanol–water partition coefficient (Wildman–Crippen LogP) is -4.44.